The maximum Gasteiger partial charge on any atom is 0.245 e. The Kier molecular flexibility index (Phi) is 3.95. The van der Waals surface area contributed by atoms with Crippen LogP contribution >= 0.6 is 11.3 Å². The predicted octanol–water partition coefficient (Wildman–Crippen LogP) is -1.45. The first-order chi connectivity index (χ1) is 6.72. The van der Waals surface area contributed by atoms with Crippen LogP contribution in [0.3, 0.4) is 0 Å². The first-order valence-corrected chi connectivity index (χ1v) is 4.63. The number of hydrogen-bond donors (Lipinski definition) is 3. The summed E-state index contributed by atoms with van der Waals surface area (Å²) >= 11 is 1.20. The van der Waals surface area contributed by atoms with Gasteiger partial charge in [-0.05, 0) is 0 Å². The van der Waals surface area contributed by atoms with Crippen molar-refractivity contribution >= 4 is 28.3 Å². The zero-order valence-electron chi connectivity index (χ0n) is 7.19. The molecule has 2 amide bonds. The highest BCUT2D eigenvalue weighted by Crippen LogP contribution is 2.06. The molecule has 0 fully saturated rings. The van der Waals surface area contributed by atoms with E-state index >= 15 is 0 Å². The van der Waals surface area contributed by atoms with E-state index in [0.29, 0.717) is 5.13 Å². The van der Waals surface area contributed by atoms with Crippen LogP contribution in [0.15, 0.2) is 5.51 Å². The number of amides is 2. The Labute approximate surface area is 83.7 Å². The molecule has 0 aliphatic carbocycles. The summed E-state index contributed by atoms with van der Waals surface area (Å²) in [7, 11) is 0. The van der Waals surface area contributed by atoms with E-state index in [-0.39, 0.29) is 24.9 Å². The number of carbonyl (C=O) groups is 2. The smallest absolute Gasteiger partial charge is 0.245 e. The zero-order chi connectivity index (χ0) is 10.4. The normalized spacial score (nSPS) is 9.50. The van der Waals surface area contributed by atoms with Gasteiger partial charge in [0, 0.05) is 0 Å². The molecule has 8 heteroatoms. The Morgan fingerprint density at radius 2 is 2.29 bits per heavy atom. The molecule has 0 spiro atoms. The summed E-state index contributed by atoms with van der Waals surface area (Å²) in [6.07, 6.45) is 0. The number of nitrogens with two attached hydrogens (primary N) is 1. The molecule has 7 nitrogen and oxygen atoms in total. The lowest BCUT2D eigenvalue weighted by Gasteiger charge is -2.02. The Morgan fingerprint density at radius 3 is 2.86 bits per heavy atom. The summed E-state index contributed by atoms with van der Waals surface area (Å²) in [5.74, 6) is -0.735. The Balaban J connectivity index is 2.26. The average Bonchev–Trinajstić information content (AvgIpc) is 2.66. The van der Waals surface area contributed by atoms with Gasteiger partial charge in [-0.2, -0.15) is 0 Å². The molecule has 0 unspecified atom stereocenters. The molecule has 0 aromatic carbocycles. The van der Waals surface area contributed by atoms with Crippen molar-refractivity contribution in [2.24, 2.45) is 5.73 Å². The molecular formula is C6H9N5O2S. The third-order valence-electron chi connectivity index (χ3n) is 1.24. The molecular weight excluding hydrogens is 206 g/mol. The fourth-order valence-corrected chi connectivity index (χ4v) is 1.10. The fourth-order valence-electron chi connectivity index (χ4n) is 0.642. The van der Waals surface area contributed by atoms with E-state index in [1.807, 2.05) is 0 Å². The highest BCUT2D eigenvalue weighted by atomic mass is 32.1. The van der Waals surface area contributed by atoms with Crippen molar-refractivity contribution in [3.8, 4) is 0 Å². The van der Waals surface area contributed by atoms with Gasteiger partial charge >= 0.3 is 0 Å². The number of carbonyl (C=O) groups excluding carboxylic acids is 2. The summed E-state index contributed by atoms with van der Waals surface area (Å²) in [6.45, 7) is -0.248. The van der Waals surface area contributed by atoms with Crippen LogP contribution in [0.4, 0.5) is 5.13 Å². The van der Waals surface area contributed by atoms with E-state index in [1.54, 1.807) is 0 Å². The first kappa shape index (κ1) is 10.5. The summed E-state index contributed by atoms with van der Waals surface area (Å²) in [6, 6.07) is 0. The Hall–Kier alpha value is -1.54. The molecule has 0 atom stereocenters. The number of nitrogens with zero attached hydrogens (tertiary/aromatic N) is 2. The van der Waals surface area contributed by atoms with Gasteiger partial charge in [0.1, 0.15) is 5.51 Å². The van der Waals surface area contributed by atoms with E-state index < -0.39 is 0 Å². The van der Waals surface area contributed by atoms with Gasteiger partial charge in [0.15, 0.2) is 0 Å². The van der Waals surface area contributed by atoms with Crippen LogP contribution in [0.25, 0.3) is 0 Å². The van der Waals surface area contributed by atoms with Crippen LogP contribution in [0.2, 0.25) is 0 Å². The lowest BCUT2D eigenvalue weighted by atomic mass is 10.5. The summed E-state index contributed by atoms with van der Waals surface area (Å²) in [4.78, 5) is 21.8. The maximum absolute atomic E-state index is 11.1. The molecule has 76 valence electrons. The Bertz CT molecular complexity index is 312. The molecule has 0 radical (unpaired) electrons. The van der Waals surface area contributed by atoms with Gasteiger partial charge in [-0.1, -0.05) is 11.3 Å². The van der Waals surface area contributed by atoms with Gasteiger partial charge in [-0.3, -0.25) is 14.9 Å². The monoisotopic (exact) mass is 215 g/mol. The molecule has 0 bridgehead atoms. The molecule has 0 aliphatic heterocycles. The quantitative estimate of drug-likeness (QED) is 0.569. The highest BCUT2D eigenvalue weighted by Gasteiger charge is 2.05. The van der Waals surface area contributed by atoms with Crippen LogP contribution in [0.1, 0.15) is 0 Å². The second-order valence-corrected chi connectivity index (χ2v) is 3.11. The zero-order valence-corrected chi connectivity index (χ0v) is 8.00. The molecule has 1 aromatic rings. The van der Waals surface area contributed by atoms with E-state index in [4.69, 9.17) is 5.73 Å². The van der Waals surface area contributed by atoms with Gasteiger partial charge in [-0.15, -0.1) is 10.2 Å². The SMILES string of the molecule is NCC(=O)NCC(=O)Nc1nncs1. The summed E-state index contributed by atoms with van der Waals surface area (Å²) in [5, 5.41) is 12.3. The number of anilines is 1. The standard InChI is InChI=1S/C6H9N5O2S/c7-1-4(12)8-2-5(13)10-6-11-9-3-14-6/h3H,1-2,7H2,(H,8,12)(H,10,11,13). The maximum atomic E-state index is 11.1. The highest BCUT2D eigenvalue weighted by molar-refractivity contribution is 7.13. The third-order valence-corrected chi connectivity index (χ3v) is 1.84. The average molecular weight is 215 g/mol. The molecule has 1 heterocycles. The van der Waals surface area contributed by atoms with Crippen molar-refractivity contribution < 1.29 is 9.59 Å². The van der Waals surface area contributed by atoms with Crippen molar-refractivity contribution in [3.05, 3.63) is 5.51 Å². The lowest BCUT2D eigenvalue weighted by Crippen LogP contribution is -2.36. The minimum atomic E-state index is -0.377. The van der Waals surface area contributed by atoms with E-state index in [2.05, 4.69) is 20.8 Å². The topological polar surface area (TPSA) is 110 Å². The minimum absolute atomic E-state index is 0.115. The number of rotatable bonds is 4. The van der Waals surface area contributed by atoms with E-state index in [9.17, 15) is 9.59 Å². The van der Waals surface area contributed by atoms with Crippen LogP contribution in [-0.2, 0) is 9.59 Å². The van der Waals surface area contributed by atoms with Gasteiger partial charge in [-0.25, -0.2) is 0 Å². The van der Waals surface area contributed by atoms with Crippen LogP contribution in [0, 0.1) is 0 Å². The van der Waals surface area contributed by atoms with Crippen molar-refractivity contribution in [1.82, 2.24) is 15.5 Å². The summed E-state index contributed by atoms with van der Waals surface area (Å²) < 4.78 is 0. The third kappa shape index (κ3) is 3.46. The number of nitrogens with one attached hydrogen (secondary N) is 2. The molecule has 1 rings (SSSR count). The summed E-state index contributed by atoms with van der Waals surface area (Å²) in [5.41, 5.74) is 6.52. The van der Waals surface area contributed by atoms with Crippen LogP contribution in [-0.4, -0.2) is 35.1 Å². The molecule has 0 saturated heterocycles. The van der Waals surface area contributed by atoms with E-state index in [0.717, 1.165) is 0 Å². The first-order valence-electron chi connectivity index (χ1n) is 3.75. The van der Waals surface area contributed by atoms with Gasteiger partial charge in [0.05, 0.1) is 13.1 Å². The predicted molar refractivity (Wildman–Crippen MR) is 50.6 cm³/mol. The molecule has 0 aliphatic rings. The van der Waals surface area contributed by atoms with Crippen molar-refractivity contribution in [1.29, 1.82) is 0 Å². The van der Waals surface area contributed by atoms with Crippen LogP contribution < -0.4 is 16.4 Å². The van der Waals surface area contributed by atoms with Gasteiger partial charge in [0.25, 0.3) is 0 Å². The second kappa shape index (κ2) is 5.25. The van der Waals surface area contributed by atoms with Crippen molar-refractivity contribution in [3.63, 3.8) is 0 Å². The fraction of sp³-hybridized carbons (Fsp3) is 0.333. The largest absolute Gasteiger partial charge is 0.346 e. The van der Waals surface area contributed by atoms with Crippen molar-refractivity contribution in [2.75, 3.05) is 18.4 Å². The molecule has 1 aromatic heterocycles. The number of hydrogen-bond acceptors (Lipinski definition) is 6. The second-order valence-electron chi connectivity index (χ2n) is 2.27. The molecule has 0 saturated carbocycles. The minimum Gasteiger partial charge on any atom is -0.346 e. The lowest BCUT2D eigenvalue weighted by molar-refractivity contribution is -0.123. The van der Waals surface area contributed by atoms with E-state index in [1.165, 1.54) is 16.8 Å². The van der Waals surface area contributed by atoms with Crippen LogP contribution in [0.5, 0.6) is 0 Å². The molecule has 4 N–H and O–H groups in total. The van der Waals surface area contributed by atoms with Crippen molar-refractivity contribution in [2.45, 2.75) is 0 Å². The Morgan fingerprint density at radius 1 is 1.50 bits per heavy atom. The van der Waals surface area contributed by atoms with Gasteiger partial charge in [0.2, 0.25) is 16.9 Å². The number of aromatic nitrogens is 2. The molecule has 14 heavy (non-hydrogen) atoms. The van der Waals surface area contributed by atoms with Gasteiger partial charge < -0.3 is 11.1 Å².